The Morgan fingerprint density at radius 2 is 0.924 bits per heavy atom. The molecule has 0 saturated heterocycles. The van der Waals surface area contributed by atoms with E-state index in [1.165, 1.54) is 43.9 Å². The van der Waals surface area contributed by atoms with Gasteiger partial charge in [0.2, 0.25) is 59.1 Å². The van der Waals surface area contributed by atoms with Gasteiger partial charge in [-0.2, -0.15) is 25.3 Å². The SMILES string of the molecule is COc1ccc(C[C@H](NC(=O)[C@H](CC(=O)O)NC(=O)CNC(=O)[C@H](CCCN=C(N)N)NC(=O)[C@H](Cc2cnc[nH]2)NC(=O)[C@H](CC(=O)O)NC(=O)C(NC(=O)[C@@H](N)CCCN=C(N)N)C2(S)CCCCC2)C(=O)N[C@@H](CCCN=C(N)N)C(=O)N[C@@H](CS)C(=O)N[C@@H](CCCN=C(N)N)C(=O)O)cc1. The molecule has 0 radical (unpaired) electrons. The van der Waals surface area contributed by atoms with Gasteiger partial charge in [0.05, 0.1) is 38.9 Å². The summed E-state index contributed by atoms with van der Waals surface area (Å²) in [5, 5.41) is 54.1. The van der Waals surface area contributed by atoms with Crippen LogP contribution in [0.2, 0.25) is 0 Å². The molecule has 0 spiro atoms. The van der Waals surface area contributed by atoms with Gasteiger partial charge in [-0.05, 0) is 81.9 Å². The number of carbonyl (C=O) groups is 13. The van der Waals surface area contributed by atoms with Crippen molar-refractivity contribution in [3.05, 3.63) is 48.0 Å². The maximum Gasteiger partial charge on any atom is 0.326 e. The Balaban J connectivity index is 1.95. The molecule has 10 amide bonds. The van der Waals surface area contributed by atoms with Crippen LogP contribution in [0.25, 0.3) is 0 Å². The van der Waals surface area contributed by atoms with E-state index in [1.807, 2.05) is 0 Å². The number of amides is 10. The van der Waals surface area contributed by atoms with E-state index in [1.54, 1.807) is 0 Å². The Bertz CT molecular complexity index is 3380. The van der Waals surface area contributed by atoms with Crippen LogP contribution >= 0.6 is 25.3 Å². The average Bonchev–Trinajstić information content (AvgIpc) is 0.953. The normalized spacial score (nSPS) is 15.0. The van der Waals surface area contributed by atoms with Crippen LogP contribution in [0.3, 0.4) is 0 Å². The number of methoxy groups -OCH3 is 1. The van der Waals surface area contributed by atoms with Gasteiger partial charge in [-0.1, -0.05) is 31.4 Å². The summed E-state index contributed by atoms with van der Waals surface area (Å²) in [6, 6.07) is -9.98. The third kappa shape index (κ3) is 33.8. The fourth-order valence-electron chi connectivity index (χ4n) is 10.5. The molecular weight excluding hydrogens is 1420 g/mol. The van der Waals surface area contributed by atoms with Crippen LogP contribution in [-0.2, 0) is 75.2 Å². The highest BCUT2D eigenvalue weighted by Crippen LogP contribution is 2.37. The third-order valence-electron chi connectivity index (χ3n) is 16.0. The Hall–Kier alpha value is -10.9. The molecular formula is C61H99N25O17S2. The van der Waals surface area contributed by atoms with Crippen molar-refractivity contribution < 1.29 is 82.4 Å². The lowest BCUT2D eigenvalue weighted by molar-refractivity contribution is -0.142. The van der Waals surface area contributed by atoms with Gasteiger partial charge in [0, 0.05) is 61.4 Å². The number of aliphatic carboxylic acids is 3. The van der Waals surface area contributed by atoms with Gasteiger partial charge in [-0.3, -0.25) is 77.5 Å². The Morgan fingerprint density at radius 1 is 0.514 bits per heavy atom. The van der Waals surface area contributed by atoms with Gasteiger partial charge in [0.25, 0.3) is 0 Å². The van der Waals surface area contributed by atoms with Gasteiger partial charge in [-0.15, -0.1) is 0 Å². The minimum Gasteiger partial charge on any atom is -0.497 e. The van der Waals surface area contributed by atoms with Crippen LogP contribution < -0.4 is 110 Å². The summed E-state index contributed by atoms with van der Waals surface area (Å²) in [7, 11) is 1.39. The Kier molecular flexibility index (Phi) is 38.6. The predicted octanol–water partition coefficient (Wildman–Crippen LogP) is -8.18. The number of carboxylic acid groups (broad SMARTS) is 3. The molecule has 3 rings (SSSR count). The number of rotatable bonds is 48. The minimum atomic E-state index is -2.00. The van der Waals surface area contributed by atoms with Crippen LogP contribution in [0.5, 0.6) is 5.75 Å². The first kappa shape index (κ1) is 88.3. The summed E-state index contributed by atoms with van der Waals surface area (Å²) in [6.45, 7) is -1.01. The number of hydrogen-bond acceptors (Lipinski definition) is 22. The maximum absolute atomic E-state index is 14.5. The van der Waals surface area contributed by atoms with Crippen molar-refractivity contribution >= 4 is 126 Å². The standard InChI is InChI=1S/C61H99N25O17S2/c1-103-33-15-13-31(14-16-33)23-38(50(95)80-36(11-7-21-74-59(67)68)49(94)85-42(29-104)54(99)81-37(56(101)102)12-8-22-75-60(69)70)82-52(97)40(25-44(88)89)78-43(87)28-76-48(93)35(10-6-20-73-58(65)66)79-51(96)39(24-32-27-71-30-77-32)83-53(98)41(26-45(90)91)84-55(100)46(61(105)17-3-2-4-18-61)86-47(92)34(62)9-5-19-72-57(63)64/h13-16,27,30,34-42,46,104-105H,2-12,17-26,28-29,62H2,1H3,(H,71,77)(H,76,93)(H,78,87)(H,79,96)(H,80,95)(H,81,99)(H,82,97)(H,83,98)(H,84,100)(H,85,94)(H,86,92)(H,88,89)(H,90,91)(H,101,102)(H4,63,64,72)(H4,65,66,73)(H4,67,68,74)(H4,69,70,75)/t34-,35-,36-,37-,38-,39-,40-,41-,42-,46?/m0/s1. The average molecular weight is 1520 g/mol. The zero-order valence-electron chi connectivity index (χ0n) is 57.9. The van der Waals surface area contributed by atoms with Gasteiger partial charge in [0.15, 0.2) is 23.8 Å². The summed E-state index contributed by atoms with van der Waals surface area (Å²) < 4.78 is 4.05. The Morgan fingerprint density at radius 3 is 1.38 bits per heavy atom. The molecule has 582 valence electrons. The number of nitrogens with zero attached hydrogens (tertiary/aromatic N) is 5. The molecule has 44 heteroatoms. The predicted molar refractivity (Wildman–Crippen MR) is 388 cm³/mol. The van der Waals surface area contributed by atoms with Gasteiger partial charge in [-0.25, -0.2) is 9.78 Å². The largest absolute Gasteiger partial charge is 0.497 e. The molecule has 32 N–H and O–H groups in total. The molecule has 1 aliphatic carbocycles. The number of guanidine groups is 4. The molecule has 1 aliphatic rings. The monoisotopic (exact) mass is 1520 g/mol. The zero-order valence-corrected chi connectivity index (χ0v) is 59.7. The second kappa shape index (κ2) is 45.9. The van der Waals surface area contributed by atoms with Crippen LogP contribution in [0.15, 0.2) is 56.8 Å². The summed E-state index contributed by atoms with van der Waals surface area (Å²) in [4.78, 5) is 200. The summed E-state index contributed by atoms with van der Waals surface area (Å²) >= 11 is 9.03. The molecule has 105 heavy (non-hydrogen) atoms. The zero-order chi connectivity index (χ0) is 78.3. The van der Waals surface area contributed by atoms with Crippen molar-refractivity contribution in [2.75, 3.05) is 45.6 Å². The fraction of sp³-hybridized carbons (Fsp3) is 0.574. The van der Waals surface area contributed by atoms with Crippen molar-refractivity contribution in [1.82, 2.24) is 63.1 Å². The first-order valence-electron chi connectivity index (χ1n) is 33.2. The number of ether oxygens (including phenoxy) is 1. The number of nitrogens with two attached hydrogens (primary N) is 9. The molecule has 1 aromatic heterocycles. The molecule has 42 nitrogen and oxygen atoms in total. The number of benzene rings is 1. The number of carbonyl (C=O) groups excluding carboxylic acids is 10. The van der Waals surface area contributed by atoms with E-state index in [2.05, 4.69) is 95.7 Å². The van der Waals surface area contributed by atoms with E-state index in [9.17, 15) is 77.6 Å². The lowest BCUT2D eigenvalue weighted by atomic mass is 9.82. The number of aromatic nitrogens is 2. The van der Waals surface area contributed by atoms with E-state index in [4.69, 9.17) is 69.0 Å². The lowest BCUT2D eigenvalue weighted by Crippen LogP contribution is -2.63. The second-order valence-electron chi connectivity index (χ2n) is 24.3. The van der Waals surface area contributed by atoms with Crippen LogP contribution in [-0.4, -0.2) is 237 Å². The molecule has 0 bridgehead atoms. The third-order valence-corrected chi connectivity index (χ3v) is 17.0. The summed E-state index contributed by atoms with van der Waals surface area (Å²) in [5.41, 5.74) is 50.3. The molecule has 1 saturated carbocycles. The number of hydrogen-bond donors (Lipinski definition) is 25. The molecule has 0 aliphatic heterocycles. The Labute approximate surface area is 614 Å². The molecule has 10 atom stereocenters. The molecule has 1 aromatic carbocycles. The number of carboxylic acids is 3. The number of aromatic amines is 1. The van der Waals surface area contributed by atoms with Crippen LogP contribution in [0, 0.1) is 0 Å². The van der Waals surface area contributed by atoms with Gasteiger partial charge < -0.3 is 130 Å². The van der Waals surface area contributed by atoms with Gasteiger partial charge >= 0.3 is 17.9 Å². The van der Waals surface area contributed by atoms with Crippen molar-refractivity contribution in [1.29, 1.82) is 0 Å². The van der Waals surface area contributed by atoms with Crippen molar-refractivity contribution in [2.24, 2.45) is 71.6 Å². The van der Waals surface area contributed by atoms with Crippen molar-refractivity contribution in [3.8, 4) is 5.75 Å². The van der Waals surface area contributed by atoms with E-state index >= 15 is 0 Å². The first-order valence-corrected chi connectivity index (χ1v) is 34.3. The smallest absolute Gasteiger partial charge is 0.326 e. The van der Waals surface area contributed by atoms with E-state index in [-0.39, 0.29) is 119 Å². The molecule has 1 unspecified atom stereocenters. The minimum absolute atomic E-state index is 0.0191. The van der Waals surface area contributed by atoms with E-state index in [0.717, 1.165) is 6.42 Å². The van der Waals surface area contributed by atoms with E-state index < -0.39 is 168 Å². The highest BCUT2D eigenvalue weighted by atomic mass is 32.1. The van der Waals surface area contributed by atoms with Crippen LogP contribution in [0.1, 0.15) is 108 Å². The lowest BCUT2D eigenvalue weighted by Gasteiger charge is -2.40. The quantitative estimate of drug-likeness (QED) is 0.0127. The first-order chi connectivity index (χ1) is 49.6. The molecule has 1 heterocycles. The maximum atomic E-state index is 14.5. The molecule has 2 aromatic rings. The topological polar surface area (TPSA) is 724 Å². The van der Waals surface area contributed by atoms with Crippen molar-refractivity contribution in [3.63, 3.8) is 0 Å². The van der Waals surface area contributed by atoms with E-state index in [0.29, 0.717) is 37.0 Å². The number of imidazole rings is 1. The number of H-pyrrole nitrogens is 1. The molecule has 1 fully saturated rings. The fourth-order valence-corrected chi connectivity index (χ4v) is 11.3. The summed E-state index contributed by atoms with van der Waals surface area (Å²) in [6.07, 6.45) is 2.08. The van der Waals surface area contributed by atoms with Gasteiger partial charge in [0.1, 0.15) is 60.1 Å². The second-order valence-corrected chi connectivity index (χ2v) is 25.6. The van der Waals surface area contributed by atoms with Crippen molar-refractivity contribution in [2.45, 2.75) is 174 Å². The summed E-state index contributed by atoms with van der Waals surface area (Å²) in [5.74, 6) is -16.3. The number of thiol groups is 2. The number of nitrogens with one attached hydrogen (secondary N) is 11. The number of aliphatic imine (C=N–C) groups is 4. The highest BCUT2D eigenvalue weighted by Gasteiger charge is 2.44. The van der Waals surface area contributed by atoms with Crippen LogP contribution in [0.4, 0.5) is 0 Å². The highest BCUT2D eigenvalue weighted by molar-refractivity contribution is 7.82.